The van der Waals surface area contributed by atoms with Crippen molar-refractivity contribution in [2.24, 2.45) is 0 Å². The van der Waals surface area contributed by atoms with Crippen molar-refractivity contribution in [1.82, 2.24) is 10.3 Å². The zero-order chi connectivity index (χ0) is 14.0. The van der Waals surface area contributed by atoms with Gasteiger partial charge in [-0.05, 0) is 48.0 Å². The molecule has 0 bridgehead atoms. The molecular formula is C13H13BrN2OS2. The fourth-order valence-electron chi connectivity index (χ4n) is 1.62. The van der Waals surface area contributed by atoms with Gasteiger partial charge in [0.1, 0.15) is 5.01 Å². The molecule has 2 rings (SSSR count). The van der Waals surface area contributed by atoms with Gasteiger partial charge in [-0.3, -0.25) is 4.79 Å². The van der Waals surface area contributed by atoms with Crippen LogP contribution in [0.15, 0.2) is 39.1 Å². The minimum absolute atomic E-state index is 0.150. The summed E-state index contributed by atoms with van der Waals surface area (Å²) in [5.74, 6) is -0.150. The quantitative estimate of drug-likeness (QED) is 0.819. The van der Waals surface area contributed by atoms with Gasteiger partial charge in [-0.1, -0.05) is 0 Å². The molecule has 1 amide bonds. The topological polar surface area (TPSA) is 42.0 Å². The first kappa shape index (κ1) is 14.6. The normalized spacial score (nSPS) is 11.4. The average Bonchev–Trinajstić information content (AvgIpc) is 2.86. The van der Waals surface area contributed by atoms with E-state index in [9.17, 15) is 4.79 Å². The van der Waals surface area contributed by atoms with Gasteiger partial charge in [-0.15, -0.1) is 24.0 Å². The minimum Gasteiger partial charge on any atom is -0.341 e. The van der Waals surface area contributed by atoms with E-state index in [1.807, 2.05) is 31.4 Å². The number of hydrogen-bond donors (Lipinski definition) is 2. The second-order valence-corrected chi connectivity index (χ2v) is 6.85. The molecule has 1 aromatic heterocycles. The van der Waals surface area contributed by atoms with Crippen LogP contribution in [0.25, 0.3) is 0 Å². The van der Waals surface area contributed by atoms with Crippen molar-refractivity contribution >= 4 is 45.8 Å². The maximum atomic E-state index is 12.3. The number of thiazole rings is 1. The van der Waals surface area contributed by atoms with Gasteiger partial charge in [0, 0.05) is 20.9 Å². The Morgan fingerprint density at radius 2 is 2.21 bits per heavy atom. The predicted octanol–water partition coefficient (Wildman–Crippen LogP) is 3.86. The van der Waals surface area contributed by atoms with Crippen molar-refractivity contribution < 1.29 is 4.79 Å². The number of rotatable bonds is 3. The highest BCUT2D eigenvalue weighted by Crippen LogP contribution is 2.25. The molecule has 6 heteroatoms. The maximum absolute atomic E-state index is 12.3. The molecule has 0 aliphatic rings. The number of hydrogen-bond acceptors (Lipinski definition) is 4. The monoisotopic (exact) mass is 356 g/mol. The molecule has 100 valence electrons. The first-order chi connectivity index (χ1) is 8.90. The van der Waals surface area contributed by atoms with Crippen LogP contribution in [0.5, 0.6) is 0 Å². The van der Waals surface area contributed by atoms with Crippen molar-refractivity contribution in [2.45, 2.75) is 24.3 Å². The van der Waals surface area contributed by atoms with Gasteiger partial charge in [0.05, 0.1) is 11.1 Å². The van der Waals surface area contributed by atoms with Crippen LogP contribution in [0.4, 0.5) is 0 Å². The van der Waals surface area contributed by atoms with Gasteiger partial charge in [0.15, 0.2) is 0 Å². The largest absolute Gasteiger partial charge is 0.341 e. The molecule has 0 radical (unpaired) electrons. The zero-order valence-electron chi connectivity index (χ0n) is 10.5. The van der Waals surface area contributed by atoms with Gasteiger partial charge in [0.25, 0.3) is 5.91 Å². The number of nitrogens with one attached hydrogen (secondary N) is 1. The summed E-state index contributed by atoms with van der Waals surface area (Å²) >= 11 is 9.16. The Hall–Kier alpha value is -0.850. The van der Waals surface area contributed by atoms with Gasteiger partial charge in [-0.25, -0.2) is 4.98 Å². The Morgan fingerprint density at radius 1 is 1.47 bits per heavy atom. The molecule has 0 saturated carbocycles. The Labute approximate surface area is 130 Å². The first-order valence-corrected chi connectivity index (χ1v) is 7.73. The van der Waals surface area contributed by atoms with E-state index < -0.39 is 5.54 Å². The lowest BCUT2D eigenvalue weighted by Gasteiger charge is -2.24. The molecular weight excluding hydrogens is 344 g/mol. The van der Waals surface area contributed by atoms with E-state index in [-0.39, 0.29) is 5.91 Å². The van der Waals surface area contributed by atoms with E-state index in [0.717, 1.165) is 14.4 Å². The van der Waals surface area contributed by atoms with Crippen LogP contribution >= 0.6 is 39.9 Å². The SMILES string of the molecule is CC(C)(NC(=O)c1cc(S)ccc1Br)c1nccs1. The number of halogens is 1. The van der Waals surface area contributed by atoms with Crippen molar-refractivity contribution in [1.29, 1.82) is 0 Å². The number of carbonyl (C=O) groups is 1. The summed E-state index contributed by atoms with van der Waals surface area (Å²) in [4.78, 5) is 17.3. The molecule has 2 aromatic rings. The number of carbonyl (C=O) groups excluding carboxylic acids is 1. The molecule has 19 heavy (non-hydrogen) atoms. The molecule has 3 nitrogen and oxygen atoms in total. The Kier molecular flexibility index (Phi) is 4.32. The van der Waals surface area contributed by atoms with Crippen LogP contribution < -0.4 is 5.32 Å². The number of benzene rings is 1. The molecule has 0 atom stereocenters. The van der Waals surface area contributed by atoms with Crippen LogP contribution in [0.2, 0.25) is 0 Å². The van der Waals surface area contributed by atoms with Crippen LogP contribution in [-0.4, -0.2) is 10.9 Å². The highest BCUT2D eigenvalue weighted by atomic mass is 79.9. The van der Waals surface area contributed by atoms with Gasteiger partial charge in [0.2, 0.25) is 0 Å². The second-order valence-electron chi connectivity index (χ2n) is 4.58. The highest BCUT2D eigenvalue weighted by Gasteiger charge is 2.26. The molecule has 0 fully saturated rings. The summed E-state index contributed by atoms with van der Waals surface area (Å²) < 4.78 is 0.748. The van der Waals surface area contributed by atoms with E-state index in [0.29, 0.717) is 5.56 Å². The molecule has 1 aromatic carbocycles. The Bertz CT molecular complexity index is 597. The van der Waals surface area contributed by atoms with E-state index in [1.54, 1.807) is 12.3 Å². The maximum Gasteiger partial charge on any atom is 0.253 e. The molecule has 1 heterocycles. The summed E-state index contributed by atoms with van der Waals surface area (Å²) in [6.07, 6.45) is 1.73. The van der Waals surface area contributed by atoms with E-state index in [1.165, 1.54) is 11.3 Å². The molecule has 1 N–H and O–H groups in total. The summed E-state index contributed by atoms with van der Waals surface area (Å²) in [5, 5.41) is 5.76. The van der Waals surface area contributed by atoms with E-state index in [4.69, 9.17) is 0 Å². The van der Waals surface area contributed by atoms with Crippen molar-refractivity contribution in [3.63, 3.8) is 0 Å². The number of nitrogens with zero attached hydrogens (tertiary/aromatic N) is 1. The van der Waals surface area contributed by atoms with Gasteiger partial charge < -0.3 is 5.32 Å². The average molecular weight is 357 g/mol. The van der Waals surface area contributed by atoms with E-state index >= 15 is 0 Å². The van der Waals surface area contributed by atoms with Gasteiger partial charge >= 0.3 is 0 Å². The third-order valence-corrected chi connectivity index (χ3v) is 4.65. The number of amides is 1. The Balaban J connectivity index is 2.24. The lowest BCUT2D eigenvalue weighted by Crippen LogP contribution is -2.41. The number of aromatic nitrogens is 1. The lowest BCUT2D eigenvalue weighted by molar-refractivity contribution is 0.0911. The van der Waals surface area contributed by atoms with Crippen LogP contribution in [-0.2, 0) is 5.54 Å². The van der Waals surface area contributed by atoms with Crippen LogP contribution in [0.1, 0.15) is 29.2 Å². The van der Waals surface area contributed by atoms with Crippen LogP contribution in [0, 0.1) is 0 Å². The highest BCUT2D eigenvalue weighted by molar-refractivity contribution is 9.10. The zero-order valence-corrected chi connectivity index (χ0v) is 13.8. The van der Waals surface area contributed by atoms with E-state index in [2.05, 4.69) is 38.9 Å². The minimum atomic E-state index is -0.503. The molecule has 0 aliphatic carbocycles. The molecule has 0 saturated heterocycles. The van der Waals surface area contributed by atoms with Crippen molar-refractivity contribution in [2.75, 3.05) is 0 Å². The third kappa shape index (κ3) is 3.38. The standard InChI is InChI=1S/C13H13BrN2OS2/c1-13(2,12-15-5-6-19-12)16-11(17)9-7-8(18)3-4-10(9)14/h3-7,18H,1-2H3,(H,16,17). The lowest BCUT2D eigenvalue weighted by atomic mass is 10.1. The predicted molar refractivity (Wildman–Crippen MR) is 84.0 cm³/mol. The summed E-state index contributed by atoms with van der Waals surface area (Å²) in [6.45, 7) is 3.87. The molecule has 0 aliphatic heterocycles. The summed E-state index contributed by atoms with van der Waals surface area (Å²) in [7, 11) is 0. The second kappa shape index (κ2) is 5.64. The van der Waals surface area contributed by atoms with Crippen molar-refractivity contribution in [3.8, 4) is 0 Å². The van der Waals surface area contributed by atoms with Crippen LogP contribution in [0.3, 0.4) is 0 Å². The summed E-state index contributed by atoms with van der Waals surface area (Å²) in [5.41, 5.74) is 0.0641. The van der Waals surface area contributed by atoms with Crippen molar-refractivity contribution in [3.05, 3.63) is 44.8 Å². The summed E-state index contributed by atoms with van der Waals surface area (Å²) in [6, 6.07) is 5.38. The Morgan fingerprint density at radius 3 is 2.84 bits per heavy atom. The first-order valence-electron chi connectivity index (χ1n) is 5.61. The molecule has 0 unspecified atom stereocenters. The number of thiol groups is 1. The fourth-order valence-corrected chi connectivity index (χ4v) is 2.97. The molecule has 0 spiro atoms. The third-order valence-electron chi connectivity index (χ3n) is 2.59. The van der Waals surface area contributed by atoms with Gasteiger partial charge in [-0.2, -0.15) is 0 Å². The fraction of sp³-hybridized carbons (Fsp3) is 0.231. The smallest absolute Gasteiger partial charge is 0.253 e.